The molecule has 0 radical (unpaired) electrons. The molecule has 0 aliphatic heterocycles. The first-order valence-electron chi connectivity index (χ1n) is 23.6. The summed E-state index contributed by atoms with van der Waals surface area (Å²) in [5, 5.41) is 8.78. The van der Waals surface area contributed by atoms with Crippen LogP contribution in [0.2, 0.25) is 0 Å². The Hall–Kier alpha value is -1.52. The van der Waals surface area contributed by atoms with E-state index in [1.165, 1.54) is 180 Å². The highest BCUT2D eigenvalue weighted by Crippen LogP contribution is 2.43. The molecule has 0 bridgehead atoms. The number of hydrogen-bond donors (Lipinski definition) is 3. The third-order valence-electron chi connectivity index (χ3n) is 10.6. The fraction of sp³-hybridized carbons (Fsp3) is 0.933. The molecule has 11 nitrogen and oxygen atoms in total. The Morgan fingerprint density at radius 2 is 0.807 bits per heavy atom. The van der Waals surface area contributed by atoms with Gasteiger partial charge in [0.2, 0.25) is 0 Å². The number of hydrogen-bond acceptors (Lipinski definition) is 9. The van der Waals surface area contributed by atoms with E-state index in [4.69, 9.17) is 24.8 Å². The van der Waals surface area contributed by atoms with Crippen molar-refractivity contribution in [2.45, 2.75) is 251 Å². The van der Waals surface area contributed by atoms with E-state index in [0.717, 1.165) is 19.3 Å². The van der Waals surface area contributed by atoms with Gasteiger partial charge in [-0.1, -0.05) is 213 Å². The van der Waals surface area contributed by atoms with Crippen molar-refractivity contribution in [3.8, 4) is 0 Å². The first-order valence-corrected chi connectivity index (χ1v) is 25.1. The smallest absolute Gasteiger partial charge is 0.472 e. The zero-order valence-corrected chi connectivity index (χ0v) is 37.6. The van der Waals surface area contributed by atoms with E-state index in [0.29, 0.717) is 12.8 Å². The number of phosphoric acid groups is 1. The normalized spacial score (nSPS) is 13.6. The molecule has 0 rings (SSSR count). The molecular formula is C45H88NO10P. The number of aliphatic carboxylic acids is 1. The summed E-state index contributed by atoms with van der Waals surface area (Å²) in [6, 6.07) is -1.51. The summed E-state index contributed by atoms with van der Waals surface area (Å²) in [5.41, 5.74) is 5.27. The number of rotatable bonds is 45. The fourth-order valence-corrected chi connectivity index (χ4v) is 7.71. The van der Waals surface area contributed by atoms with E-state index in [-0.39, 0.29) is 19.4 Å². The summed E-state index contributed by atoms with van der Waals surface area (Å²) in [5.74, 6) is -2.43. The molecule has 0 aromatic carbocycles. The first-order chi connectivity index (χ1) is 27.6. The van der Waals surface area contributed by atoms with Gasteiger partial charge in [0.1, 0.15) is 12.6 Å². The Bertz CT molecular complexity index is 984. The van der Waals surface area contributed by atoms with Crippen LogP contribution in [0.15, 0.2) is 0 Å². The molecule has 0 aromatic heterocycles. The van der Waals surface area contributed by atoms with Gasteiger partial charge in [0, 0.05) is 12.8 Å². The van der Waals surface area contributed by atoms with Crippen LogP contribution in [0.5, 0.6) is 0 Å². The fourth-order valence-electron chi connectivity index (χ4n) is 6.93. The van der Waals surface area contributed by atoms with Crippen molar-refractivity contribution in [3.05, 3.63) is 0 Å². The molecule has 57 heavy (non-hydrogen) atoms. The minimum Gasteiger partial charge on any atom is -0.480 e. The van der Waals surface area contributed by atoms with Gasteiger partial charge in [-0.05, 0) is 12.8 Å². The Balaban J connectivity index is 3.59. The second-order valence-electron chi connectivity index (χ2n) is 16.3. The van der Waals surface area contributed by atoms with Crippen molar-refractivity contribution in [3.63, 3.8) is 0 Å². The Labute approximate surface area is 348 Å². The third-order valence-corrected chi connectivity index (χ3v) is 11.5. The Morgan fingerprint density at radius 1 is 0.474 bits per heavy atom. The summed E-state index contributed by atoms with van der Waals surface area (Å²) in [6.45, 7) is 2.40. The Morgan fingerprint density at radius 3 is 1.14 bits per heavy atom. The van der Waals surface area contributed by atoms with Crippen LogP contribution in [0.4, 0.5) is 0 Å². The number of carboxylic acid groups (broad SMARTS) is 1. The first kappa shape index (κ1) is 55.5. The number of carboxylic acids is 1. The number of nitrogens with two attached hydrogens (primary N) is 1. The summed E-state index contributed by atoms with van der Waals surface area (Å²) >= 11 is 0. The lowest BCUT2D eigenvalue weighted by Gasteiger charge is -2.20. The van der Waals surface area contributed by atoms with E-state index in [1.54, 1.807) is 6.92 Å². The van der Waals surface area contributed by atoms with Gasteiger partial charge in [-0.15, -0.1) is 0 Å². The van der Waals surface area contributed by atoms with Gasteiger partial charge in [-0.2, -0.15) is 0 Å². The molecule has 0 spiro atoms. The second kappa shape index (κ2) is 41.2. The summed E-state index contributed by atoms with van der Waals surface area (Å²) in [7, 11) is -4.68. The van der Waals surface area contributed by atoms with Gasteiger partial charge in [0.25, 0.3) is 0 Å². The average molecular weight is 834 g/mol. The summed E-state index contributed by atoms with van der Waals surface area (Å²) < 4.78 is 31.9. The van der Waals surface area contributed by atoms with Crippen molar-refractivity contribution >= 4 is 25.7 Å². The van der Waals surface area contributed by atoms with Gasteiger partial charge in [-0.3, -0.25) is 23.4 Å². The molecule has 0 fully saturated rings. The predicted octanol–water partition coefficient (Wildman–Crippen LogP) is 12.7. The molecule has 0 aromatic rings. The van der Waals surface area contributed by atoms with Crippen molar-refractivity contribution in [2.24, 2.45) is 5.73 Å². The zero-order chi connectivity index (χ0) is 42.1. The van der Waals surface area contributed by atoms with Crippen LogP contribution in [0, 0.1) is 0 Å². The topological polar surface area (TPSA) is 172 Å². The van der Waals surface area contributed by atoms with E-state index in [1.807, 2.05) is 0 Å². The standard InChI is InChI=1S/C45H88NO10P/c1-3-5-6-7-8-9-10-11-12-13-14-15-16-17-18-19-20-21-22-23-24-25-26-27-28-29-30-31-32-33-34-35-37-43(47)53-38-41(56-44(48)36-4-2)39-54-57(51,52)55-40-42(46)45(49)50/h41-42H,3-40,46H2,1-2H3,(H,49,50)(H,51,52)/t41-,42+/m1/s1. The van der Waals surface area contributed by atoms with Crippen molar-refractivity contribution in [1.29, 1.82) is 0 Å². The molecule has 338 valence electrons. The number of esters is 2. The van der Waals surface area contributed by atoms with Gasteiger partial charge in [0.15, 0.2) is 6.10 Å². The highest BCUT2D eigenvalue weighted by atomic mass is 31.2. The van der Waals surface area contributed by atoms with Crippen LogP contribution in [0.25, 0.3) is 0 Å². The minimum atomic E-state index is -4.68. The number of phosphoric ester groups is 1. The van der Waals surface area contributed by atoms with Crippen LogP contribution in [-0.4, -0.2) is 59.9 Å². The van der Waals surface area contributed by atoms with Gasteiger partial charge < -0.3 is 25.2 Å². The molecule has 0 saturated heterocycles. The maximum atomic E-state index is 12.3. The molecule has 4 N–H and O–H groups in total. The molecule has 0 aliphatic carbocycles. The molecule has 1 unspecified atom stereocenters. The quantitative estimate of drug-likeness (QED) is 0.0303. The summed E-state index contributed by atoms with van der Waals surface area (Å²) in [6.07, 6.45) is 42.9. The van der Waals surface area contributed by atoms with E-state index < -0.39 is 51.1 Å². The Kier molecular flexibility index (Phi) is 40.1. The van der Waals surface area contributed by atoms with E-state index in [9.17, 15) is 23.8 Å². The van der Waals surface area contributed by atoms with Crippen LogP contribution in [0.3, 0.4) is 0 Å². The summed E-state index contributed by atoms with van der Waals surface area (Å²) in [4.78, 5) is 44.8. The van der Waals surface area contributed by atoms with Gasteiger partial charge in [0.05, 0.1) is 13.2 Å². The second-order valence-corrected chi connectivity index (χ2v) is 17.7. The maximum absolute atomic E-state index is 12.3. The van der Waals surface area contributed by atoms with E-state index in [2.05, 4.69) is 11.4 Å². The monoisotopic (exact) mass is 834 g/mol. The van der Waals surface area contributed by atoms with Crippen LogP contribution in [0.1, 0.15) is 239 Å². The maximum Gasteiger partial charge on any atom is 0.472 e. The number of ether oxygens (including phenoxy) is 2. The van der Waals surface area contributed by atoms with Crippen LogP contribution >= 0.6 is 7.82 Å². The molecule has 0 aliphatic rings. The number of carbonyl (C=O) groups is 3. The zero-order valence-electron chi connectivity index (χ0n) is 36.7. The third kappa shape index (κ3) is 41.0. The molecule has 0 heterocycles. The highest BCUT2D eigenvalue weighted by Gasteiger charge is 2.28. The largest absolute Gasteiger partial charge is 0.480 e. The number of unbranched alkanes of at least 4 members (excludes halogenated alkanes) is 31. The van der Waals surface area contributed by atoms with Gasteiger partial charge >= 0.3 is 25.7 Å². The lowest BCUT2D eigenvalue weighted by atomic mass is 10.0. The number of carbonyl (C=O) groups excluding carboxylic acids is 2. The molecule has 0 saturated carbocycles. The molecule has 3 atom stereocenters. The van der Waals surface area contributed by atoms with Crippen molar-refractivity contribution in [2.75, 3.05) is 19.8 Å². The predicted molar refractivity (Wildman–Crippen MR) is 231 cm³/mol. The van der Waals surface area contributed by atoms with Crippen molar-refractivity contribution in [1.82, 2.24) is 0 Å². The van der Waals surface area contributed by atoms with Crippen LogP contribution in [-0.2, 0) is 37.5 Å². The van der Waals surface area contributed by atoms with E-state index >= 15 is 0 Å². The van der Waals surface area contributed by atoms with Crippen LogP contribution < -0.4 is 5.73 Å². The lowest BCUT2D eigenvalue weighted by Crippen LogP contribution is -2.34. The average Bonchev–Trinajstić information content (AvgIpc) is 3.18. The van der Waals surface area contributed by atoms with Crippen molar-refractivity contribution < 1.29 is 47.5 Å². The SMILES string of the molecule is CCCCCCCCCCCCCCCCCCCCCCCCCCCCCCCCCCC(=O)OC[C@H](COP(=O)(O)OC[C@H](N)C(=O)O)OC(=O)CCC. The highest BCUT2D eigenvalue weighted by molar-refractivity contribution is 7.47. The van der Waals surface area contributed by atoms with Gasteiger partial charge in [-0.25, -0.2) is 4.57 Å². The lowest BCUT2D eigenvalue weighted by molar-refractivity contribution is -0.161. The molecule has 12 heteroatoms. The minimum absolute atomic E-state index is 0.116. The molecule has 0 amide bonds. The molecular weight excluding hydrogens is 745 g/mol.